The van der Waals surface area contributed by atoms with Crippen molar-refractivity contribution >= 4 is 17.2 Å². The molecule has 1 N–H and O–H groups in total. The smallest absolute Gasteiger partial charge is 0.264 e. The molecule has 3 aromatic heterocycles. The topological polar surface area (TPSA) is 118 Å². The molecular weight excluding hydrogens is 356 g/mol. The molecule has 26 heavy (non-hydrogen) atoms. The van der Waals surface area contributed by atoms with Crippen molar-refractivity contribution in [2.45, 2.75) is 32.7 Å². The number of aryl methyl sites for hydroxylation is 2. The molecule has 1 amide bonds. The van der Waals surface area contributed by atoms with E-state index in [-0.39, 0.29) is 11.6 Å². The van der Waals surface area contributed by atoms with Crippen LogP contribution in [0.25, 0.3) is 11.5 Å². The molecule has 0 spiro atoms. The molecule has 1 aliphatic heterocycles. The van der Waals surface area contributed by atoms with Gasteiger partial charge in [-0.25, -0.2) is 9.97 Å². The quantitative estimate of drug-likeness (QED) is 0.745. The van der Waals surface area contributed by atoms with Gasteiger partial charge in [-0.15, -0.1) is 11.3 Å². The van der Waals surface area contributed by atoms with Gasteiger partial charge in [0.1, 0.15) is 17.3 Å². The summed E-state index contributed by atoms with van der Waals surface area (Å²) in [5, 5.41) is 6.46. The van der Waals surface area contributed by atoms with Crippen LogP contribution in [0.4, 0.5) is 0 Å². The van der Waals surface area contributed by atoms with Crippen molar-refractivity contribution in [2.75, 3.05) is 6.54 Å². The minimum atomic E-state index is -0.488. The van der Waals surface area contributed by atoms with Crippen molar-refractivity contribution in [1.29, 1.82) is 0 Å². The Bertz CT molecular complexity index is 1020. The van der Waals surface area contributed by atoms with E-state index in [0.717, 1.165) is 17.8 Å². The predicted molar refractivity (Wildman–Crippen MR) is 92.7 cm³/mol. The standard InChI is InChI=1S/C16H16N6O3S/c1-8-18-15(25-21-8)12-4-3-5-22(12)16(24)10-6-17-13(20-14(10)23)11-7-26-9(2)19-11/h6-7,12H,3-5H2,1-2H3,(H,17,20,23). The highest BCUT2D eigenvalue weighted by Crippen LogP contribution is 2.31. The third-order valence-electron chi connectivity index (χ3n) is 4.23. The van der Waals surface area contributed by atoms with E-state index in [0.29, 0.717) is 29.8 Å². The summed E-state index contributed by atoms with van der Waals surface area (Å²) in [7, 11) is 0. The Morgan fingerprint density at radius 2 is 2.23 bits per heavy atom. The summed E-state index contributed by atoms with van der Waals surface area (Å²) in [5.41, 5.74) is 0.0887. The largest absolute Gasteiger partial charge is 0.337 e. The number of aromatic nitrogens is 5. The number of rotatable bonds is 3. The number of aromatic amines is 1. The van der Waals surface area contributed by atoms with Crippen LogP contribution in [0.3, 0.4) is 0 Å². The van der Waals surface area contributed by atoms with Crippen LogP contribution in [0.1, 0.15) is 46.0 Å². The van der Waals surface area contributed by atoms with Gasteiger partial charge in [0.15, 0.2) is 11.6 Å². The summed E-state index contributed by atoms with van der Waals surface area (Å²) < 4.78 is 5.21. The van der Waals surface area contributed by atoms with Gasteiger partial charge < -0.3 is 14.4 Å². The van der Waals surface area contributed by atoms with Crippen LogP contribution in [-0.4, -0.2) is 42.4 Å². The average Bonchev–Trinajstić information content (AvgIpc) is 3.34. The molecule has 0 aromatic carbocycles. The third-order valence-corrected chi connectivity index (χ3v) is 5.01. The maximum absolute atomic E-state index is 12.9. The summed E-state index contributed by atoms with van der Waals surface area (Å²) in [5.74, 6) is 0.869. The van der Waals surface area contributed by atoms with Crippen LogP contribution >= 0.6 is 11.3 Å². The summed E-state index contributed by atoms with van der Waals surface area (Å²) >= 11 is 1.46. The second kappa shape index (κ2) is 6.45. The number of hydrogen-bond acceptors (Lipinski definition) is 8. The number of carbonyl (C=O) groups is 1. The SMILES string of the molecule is Cc1noc(C2CCCN2C(=O)c2cnc(-c3csc(C)n3)[nH]c2=O)n1. The van der Waals surface area contributed by atoms with Crippen molar-refractivity contribution in [2.24, 2.45) is 0 Å². The molecule has 134 valence electrons. The molecule has 0 saturated carbocycles. The maximum atomic E-state index is 12.9. The Hall–Kier alpha value is -2.88. The highest BCUT2D eigenvalue weighted by Gasteiger charge is 2.35. The van der Waals surface area contributed by atoms with Gasteiger partial charge in [-0.1, -0.05) is 5.16 Å². The van der Waals surface area contributed by atoms with E-state index in [1.54, 1.807) is 11.8 Å². The first-order chi connectivity index (χ1) is 12.5. The third kappa shape index (κ3) is 2.92. The Kier molecular flexibility index (Phi) is 4.11. The molecule has 0 radical (unpaired) electrons. The van der Waals surface area contributed by atoms with Gasteiger partial charge >= 0.3 is 0 Å². The van der Waals surface area contributed by atoms with E-state index >= 15 is 0 Å². The first kappa shape index (κ1) is 16.6. The lowest BCUT2D eigenvalue weighted by Crippen LogP contribution is -2.35. The van der Waals surface area contributed by atoms with Gasteiger partial charge in [-0.2, -0.15) is 4.98 Å². The number of H-pyrrole nitrogens is 1. The number of carbonyl (C=O) groups excluding carboxylic acids is 1. The molecule has 10 heteroatoms. The zero-order chi connectivity index (χ0) is 18.3. The summed E-state index contributed by atoms with van der Waals surface area (Å²) in [4.78, 5) is 42.3. The maximum Gasteiger partial charge on any atom is 0.264 e. The highest BCUT2D eigenvalue weighted by molar-refractivity contribution is 7.09. The minimum absolute atomic E-state index is 0.0103. The summed E-state index contributed by atoms with van der Waals surface area (Å²) in [6.07, 6.45) is 2.83. The number of nitrogens with one attached hydrogen (secondary N) is 1. The zero-order valence-corrected chi connectivity index (χ0v) is 15.0. The van der Waals surface area contributed by atoms with Crippen LogP contribution < -0.4 is 5.56 Å². The lowest BCUT2D eigenvalue weighted by atomic mass is 10.2. The molecule has 1 saturated heterocycles. The molecule has 9 nitrogen and oxygen atoms in total. The van der Waals surface area contributed by atoms with Gasteiger partial charge in [0.25, 0.3) is 11.5 Å². The fraction of sp³-hybridized carbons (Fsp3) is 0.375. The normalized spacial score (nSPS) is 17.0. The Morgan fingerprint density at radius 1 is 1.38 bits per heavy atom. The van der Waals surface area contributed by atoms with Gasteiger partial charge in [-0.05, 0) is 26.7 Å². The summed E-state index contributed by atoms with van der Waals surface area (Å²) in [6.45, 7) is 4.12. The van der Waals surface area contributed by atoms with Crippen LogP contribution in [0.5, 0.6) is 0 Å². The summed E-state index contributed by atoms with van der Waals surface area (Å²) in [6, 6.07) is -0.316. The lowest BCUT2D eigenvalue weighted by Gasteiger charge is -2.21. The number of amides is 1. The molecule has 1 aliphatic rings. The molecule has 4 rings (SSSR count). The van der Waals surface area contributed by atoms with Gasteiger partial charge in [0, 0.05) is 18.1 Å². The molecule has 1 atom stereocenters. The Balaban J connectivity index is 1.62. The van der Waals surface area contributed by atoms with Crippen molar-refractivity contribution < 1.29 is 9.32 Å². The lowest BCUT2D eigenvalue weighted by molar-refractivity contribution is 0.0708. The fourth-order valence-corrected chi connectivity index (χ4v) is 3.62. The van der Waals surface area contributed by atoms with Gasteiger partial charge in [0.05, 0.1) is 5.01 Å². The van der Waals surface area contributed by atoms with Crippen LogP contribution in [-0.2, 0) is 0 Å². The fourth-order valence-electron chi connectivity index (χ4n) is 3.02. The van der Waals surface area contributed by atoms with Crippen LogP contribution in [0.15, 0.2) is 20.9 Å². The van der Waals surface area contributed by atoms with Crippen molar-refractivity contribution in [3.63, 3.8) is 0 Å². The number of thiazole rings is 1. The monoisotopic (exact) mass is 372 g/mol. The average molecular weight is 372 g/mol. The van der Waals surface area contributed by atoms with Crippen molar-refractivity contribution in [3.8, 4) is 11.5 Å². The van der Waals surface area contributed by atoms with Crippen LogP contribution in [0.2, 0.25) is 0 Å². The molecule has 0 aliphatic carbocycles. The van der Waals surface area contributed by atoms with E-state index in [1.807, 2.05) is 12.3 Å². The molecule has 4 heterocycles. The zero-order valence-electron chi connectivity index (χ0n) is 14.2. The molecular formula is C16H16N6O3S. The van der Waals surface area contributed by atoms with Crippen molar-refractivity contribution in [3.05, 3.63) is 44.2 Å². The Labute approximate surface area is 152 Å². The van der Waals surface area contributed by atoms with E-state index in [9.17, 15) is 9.59 Å². The molecule has 1 fully saturated rings. The number of nitrogens with zero attached hydrogens (tertiary/aromatic N) is 5. The van der Waals surface area contributed by atoms with Gasteiger partial charge in [-0.3, -0.25) is 9.59 Å². The highest BCUT2D eigenvalue weighted by atomic mass is 32.1. The van der Waals surface area contributed by atoms with E-state index in [4.69, 9.17) is 4.52 Å². The van der Waals surface area contributed by atoms with Crippen molar-refractivity contribution in [1.82, 2.24) is 30.0 Å². The molecule has 1 unspecified atom stereocenters. The second-order valence-electron chi connectivity index (χ2n) is 6.06. The van der Waals surface area contributed by atoms with E-state index in [2.05, 4.69) is 25.1 Å². The van der Waals surface area contributed by atoms with E-state index < -0.39 is 11.5 Å². The number of hydrogen-bond donors (Lipinski definition) is 1. The molecule has 3 aromatic rings. The molecule has 0 bridgehead atoms. The van der Waals surface area contributed by atoms with Crippen LogP contribution in [0, 0.1) is 13.8 Å². The minimum Gasteiger partial charge on any atom is -0.337 e. The predicted octanol–water partition coefficient (Wildman–Crippen LogP) is 1.87. The first-order valence-electron chi connectivity index (χ1n) is 8.16. The van der Waals surface area contributed by atoms with Gasteiger partial charge in [0.2, 0.25) is 5.89 Å². The van der Waals surface area contributed by atoms with E-state index in [1.165, 1.54) is 17.5 Å². The number of likely N-dealkylation sites (tertiary alicyclic amines) is 1. The second-order valence-corrected chi connectivity index (χ2v) is 7.12. The first-order valence-corrected chi connectivity index (χ1v) is 9.04. The Morgan fingerprint density at radius 3 is 2.88 bits per heavy atom.